The van der Waals surface area contributed by atoms with Crippen molar-refractivity contribution in [2.45, 2.75) is 90.4 Å². The Hall–Kier alpha value is -5.01. The summed E-state index contributed by atoms with van der Waals surface area (Å²) in [5, 5.41) is 70.5. The maximum Gasteiger partial charge on any atom is 0.317 e. The molecule has 0 atom stereocenters. The summed E-state index contributed by atoms with van der Waals surface area (Å²) < 4.78 is 0. The monoisotopic (exact) mass is 852 g/mol. The van der Waals surface area contributed by atoms with E-state index in [9.17, 15) is 58.8 Å². The standard InChI is InChI=1S/C25H48N6O8.C10H16N2O8/c1-21(32)29(37)18-9-3-6-16-27-22(33)12-14-25(36)31(39)20-10-4-7-17-28-23(34)11-13-24(35)30(38)19-8-2-5-15-26;13-7(14)3-11(4-8(15)16)1-2-12(5-9(17)18)6-10(19)20/h37-39H,2-20,26H2,1H3,(H,27,33)(H,28,34);1-6H2,(H,13,14)(H,15,16)(H,17,18)(H,19,20). The molecule has 0 aliphatic heterocycles. The molecule has 24 heteroatoms. The minimum atomic E-state index is -1.23. The summed E-state index contributed by atoms with van der Waals surface area (Å²) in [7, 11) is 0. The third-order valence-corrected chi connectivity index (χ3v) is 8.05. The molecular formula is C35H64N8O16. The van der Waals surface area contributed by atoms with Crippen molar-refractivity contribution in [1.82, 2.24) is 35.6 Å². The van der Waals surface area contributed by atoms with Crippen LogP contribution in [0.15, 0.2) is 0 Å². The van der Waals surface area contributed by atoms with Crippen molar-refractivity contribution in [3.05, 3.63) is 0 Å². The largest absolute Gasteiger partial charge is 0.480 e. The van der Waals surface area contributed by atoms with Crippen LogP contribution in [0.1, 0.15) is 90.4 Å². The van der Waals surface area contributed by atoms with Crippen molar-refractivity contribution in [3.8, 4) is 0 Å². The summed E-state index contributed by atoms with van der Waals surface area (Å²) in [6, 6.07) is 0. The van der Waals surface area contributed by atoms with Crippen molar-refractivity contribution < 1.29 is 79.2 Å². The van der Waals surface area contributed by atoms with Gasteiger partial charge in [0.25, 0.3) is 0 Å². The van der Waals surface area contributed by atoms with Crippen LogP contribution in [0.2, 0.25) is 0 Å². The van der Waals surface area contributed by atoms with E-state index in [2.05, 4.69) is 10.6 Å². The van der Waals surface area contributed by atoms with Crippen LogP contribution in [-0.4, -0.2) is 193 Å². The highest BCUT2D eigenvalue weighted by molar-refractivity contribution is 5.84. The second-order valence-corrected chi connectivity index (χ2v) is 13.3. The van der Waals surface area contributed by atoms with Gasteiger partial charge in [0.15, 0.2) is 0 Å². The lowest BCUT2D eigenvalue weighted by atomic mass is 10.2. The number of carbonyl (C=O) groups excluding carboxylic acids is 5. The first-order chi connectivity index (χ1) is 27.8. The van der Waals surface area contributed by atoms with Crippen molar-refractivity contribution in [2.24, 2.45) is 5.73 Å². The summed E-state index contributed by atoms with van der Waals surface area (Å²) >= 11 is 0. The first kappa shape index (κ1) is 56.1. The minimum absolute atomic E-state index is 0.0191. The van der Waals surface area contributed by atoms with Crippen molar-refractivity contribution in [1.29, 1.82) is 0 Å². The molecule has 0 radical (unpaired) electrons. The fourth-order valence-corrected chi connectivity index (χ4v) is 4.92. The Morgan fingerprint density at radius 3 is 1.07 bits per heavy atom. The second kappa shape index (κ2) is 35.0. The smallest absolute Gasteiger partial charge is 0.317 e. The molecule has 0 aliphatic rings. The number of nitrogens with zero attached hydrogens (tertiary/aromatic N) is 5. The van der Waals surface area contributed by atoms with Gasteiger partial charge in [-0.2, -0.15) is 0 Å². The van der Waals surface area contributed by atoms with Gasteiger partial charge in [0.1, 0.15) is 0 Å². The first-order valence-electron chi connectivity index (χ1n) is 19.3. The Kier molecular flexibility index (Phi) is 33.3. The third-order valence-electron chi connectivity index (χ3n) is 8.05. The number of hydrogen-bond donors (Lipinski definition) is 10. The molecule has 0 rings (SSSR count). The van der Waals surface area contributed by atoms with Crippen LogP contribution in [0.5, 0.6) is 0 Å². The zero-order valence-corrected chi connectivity index (χ0v) is 33.8. The zero-order valence-electron chi connectivity index (χ0n) is 33.8. The Morgan fingerprint density at radius 1 is 0.441 bits per heavy atom. The highest BCUT2D eigenvalue weighted by Gasteiger charge is 2.18. The number of amides is 5. The predicted molar refractivity (Wildman–Crippen MR) is 205 cm³/mol. The molecule has 0 saturated heterocycles. The molecular weight excluding hydrogens is 788 g/mol. The first-order valence-corrected chi connectivity index (χ1v) is 19.3. The lowest BCUT2D eigenvalue weighted by Gasteiger charge is -2.23. The van der Waals surface area contributed by atoms with E-state index in [0.29, 0.717) is 73.3 Å². The molecule has 0 aromatic rings. The van der Waals surface area contributed by atoms with E-state index in [1.54, 1.807) is 0 Å². The van der Waals surface area contributed by atoms with Gasteiger partial charge in [-0.1, -0.05) is 6.42 Å². The van der Waals surface area contributed by atoms with E-state index >= 15 is 0 Å². The van der Waals surface area contributed by atoms with Gasteiger partial charge in [-0.15, -0.1) is 0 Å². The third kappa shape index (κ3) is 35.9. The fourth-order valence-electron chi connectivity index (χ4n) is 4.92. The van der Waals surface area contributed by atoms with E-state index in [1.807, 2.05) is 0 Å². The molecule has 0 fully saturated rings. The quantitative estimate of drug-likeness (QED) is 0.0208. The topological polar surface area (TPSA) is 362 Å². The fraction of sp³-hybridized carbons (Fsp3) is 0.743. The van der Waals surface area contributed by atoms with Crippen LogP contribution in [0.25, 0.3) is 0 Å². The van der Waals surface area contributed by atoms with Crippen LogP contribution >= 0.6 is 0 Å². The van der Waals surface area contributed by atoms with E-state index in [4.69, 9.17) is 26.2 Å². The number of rotatable bonds is 34. The van der Waals surface area contributed by atoms with E-state index < -0.39 is 67.8 Å². The van der Waals surface area contributed by atoms with E-state index in [-0.39, 0.29) is 70.2 Å². The highest BCUT2D eigenvalue weighted by Crippen LogP contribution is 2.03. The maximum absolute atomic E-state index is 12.0. The van der Waals surface area contributed by atoms with Gasteiger partial charge in [-0.05, 0) is 57.9 Å². The van der Waals surface area contributed by atoms with Gasteiger partial charge >= 0.3 is 23.9 Å². The molecule has 0 unspecified atom stereocenters. The molecule has 24 nitrogen and oxygen atoms in total. The molecule has 0 aromatic heterocycles. The molecule has 0 aromatic carbocycles. The van der Waals surface area contributed by atoms with E-state index in [0.717, 1.165) is 29.1 Å². The molecule has 0 aliphatic carbocycles. The molecule has 340 valence electrons. The number of hydrogen-bond acceptors (Lipinski definition) is 15. The zero-order chi connectivity index (χ0) is 45.2. The summed E-state index contributed by atoms with van der Waals surface area (Å²) in [5.74, 6) is -6.96. The number of carboxylic acid groups (broad SMARTS) is 4. The Bertz CT molecular complexity index is 1240. The molecule has 0 spiro atoms. The SMILES string of the molecule is CC(=O)N(O)CCCCCNC(=O)CCC(=O)N(O)CCCCCNC(=O)CCC(=O)N(O)CCCCCN.O=C(O)CN(CCN(CC(=O)O)CC(=O)O)CC(=O)O. The summed E-state index contributed by atoms with van der Waals surface area (Å²) in [4.78, 5) is 103. The van der Waals surface area contributed by atoms with Gasteiger partial charge in [0, 0.05) is 78.4 Å². The van der Waals surface area contributed by atoms with Crippen LogP contribution in [-0.2, 0) is 43.2 Å². The van der Waals surface area contributed by atoms with Gasteiger partial charge < -0.3 is 36.8 Å². The van der Waals surface area contributed by atoms with Gasteiger partial charge in [0.2, 0.25) is 29.5 Å². The van der Waals surface area contributed by atoms with Gasteiger partial charge in [-0.3, -0.25) is 68.6 Å². The molecule has 0 saturated carbocycles. The molecule has 11 N–H and O–H groups in total. The summed E-state index contributed by atoms with van der Waals surface area (Å²) in [6.45, 7) is 0.968. The normalized spacial score (nSPS) is 10.6. The average Bonchev–Trinajstić information content (AvgIpc) is 3.15. The second-order valence-electron chi connectivity index (χ2n) is 13.3. The Balaban J connectivity index is 0. The van der Waals surface area contributed by atoms with Gasteiger partial charge in [0.05, 0.1) is 26.2 Å². The summed E-state index contributed by atoms with van der Waals surface area (Å²) in [5.41, 5.74) is 5.39. The number of nitrogens with two attached hydrogens (primary N) is 1. The number of aliphatic carboxylic acids is 4. The van der Waals surface area contributed by atoms with Crippen molar-refractivity contribution in [3.63, 3.8) is 0 Å². The van der Waals surface area contributed by atoms with Crippen molar-refractivity contribution >= 4 is 53.4 Å². The maximum atomic E-state index is 12.0. The van der Waals surface area contributed by atoms with Crippen LogP contribution in [0.4, 0.5) is 0 Å². The minimum Gasteiger partial charge on any atom is -0.480 e. The Morgan fingerprint density at radius 2 is 0.763 bits per heavy atom. The molecule has 5 amide bonds. The number of carboxylic acids is 4. The van der Waals surface area contributed by atoms with Crippen molar-refractivity contribution in [2.75, 3.05) is 78.5 Å². The van der Waals surface area contributed by atoms with E-state index in [1.165, 1.54) is 6.92 Å². The summed E-state index contributed by atoms with van der Waals surface area (Å²) in [6.07, 6.45) is 5.84. The number of carbonyl (C=O) groups is 9. The predicted octanol–water partition coefficient (Wildman–Crippen LogP) is -1.15. The Labute approximate surface area is 342 Å². The highest BCUT2D eigenvalue weighted by atomic mass is 16.5. The number of unbranched alkanes of at least 4 members (excludes halogenated alkanes) is 6. The lowest BCUT2D eigenvalue weighted by Crippen LogP contribution is -2.43. The van der Waals surface area contributed by atoms with Crippen LogP contribution < -0.4 is 16.4 Å². The molecule has 0 bridgehead atoms. The molecule has 0 heterocycles. The molecule has 59 heavy (non-hydrogen) atoms. The number of hydroxylamine groups is 6. The van der Waals surface area contributed by atoms with Crippen LogP contribution in [0.3, 0.4) is 0 Å². The lowest BCUT2D eigenvalue weighted by molar-refractivity contribution is -0.166. The number of nitrogens with one attached hydrogen (secondary N) is 2. The van der Waals surface area contributed by atoms with Gasteiger partial charge in [-0.25, -0.2) is 15.2 Å². The average molecular weight is 853 g/mol. The van der Waals surface area contributed by atoms with Crippen LogP contribution in [0, 0.1) is 0 Å².